The first kappa shape index (κ1) is 21.8. The first-order valence-electron chi connectivity index (χ1n) is 10.2. The fourth-order valence-electron chi connectivity index (χ4n) is 3.11. The van der Waals surface area contributed by atoms with Gasteiger partial charge in [0.15, 0.2) is 0 Å². The molecular weight excluding hydrogens is 384 g/mol. The summed E-state index contributed by atoms with van der Waals surface area (Å²) in [5, 5.41) is 13.0. The van der Waals surface area contributed by atoms with Crippen LogP contribution in [0.25, 0.3) is 0 Å². The van der Waals surface area contributed by atoms with Crippen LogP contribution in [0.2, 0.25) is 0 Å². The Morgan fingerprint density at radius 2 is 1.50 bits per heavy atom. The molecule has 1 unspecified atom stereocenters. The highest BCUT2D eigenvalue weighted by Crippen LogP contribution is 2.23. The summed E-state index contributed by atoms with van der Waals surface area (Å²) in [6.45, 7) is 5.42. The predicted octanol–water partition coefficient (Wildman–Crippen LogP) is 2.49. The molecular formula is C23H28N2O5. The van der Waals surface area contributed by atoms with Crippen LogP contribution in [-0.2, 0) is 0 Å². The van der Waals surface area contributed by atoms with Gasteiger partial charge in [-0.25, -0.2) is 0 Å². The van der Waals surface area contributed by atoms with E-state index in [9.17, 15) is 14.7 Å². The van der Waals surface area contributed by atoms with Crippen molar-refractivity contribution in [2.45, 2.75) is 32.4 Å². The lowest BCUT2D eigenvalue weighted by molar-refractivity contribution is 0.0646. The number of nitrogens with one attached hydrogen (secondary N) is 1. The van der Waals surface area contributed by atoms with Crippen molar-refractivity contribution in [1.82, 2.24) is 10.2 Å². The van der Waals surface area contributed by atoms with Gasteiger partial charge in [-0.15, -0.1) is 0 Å². The van der Waals surface area contributed by atoms with Crippen molar-refractivity contribution in [3.05, 3.63) is 59.7 Å². The van der Waals surface area contributed by atoms with Crippen molar-refractivity contribution < 1.29 is 24.2 Å². The monoisotopic (exact) mass is 412 g/mol. The molecule has 1 atom stereocenters. The smallest absolute Gasteiger partial charge is 0.261 e. The van der Waals surface area contributed by atoms with E-state index in [4.69, 9.17) is 9.47 Å². The minimum Gasteiger partial charge on any atom is -0.494 e. The Balaban J connectivity index is 1.38. The van der Waals surface area contributed by atoms with Crippen LogP contribution in [-0.4, -0.2) is 60.3 Å². The summed E-state index contributed by atoms with van der Waals surface area (Å²) < 4.78 is 11.3. The molecule has 0 saturated carbocycles. The molecule has 2 aromatic rings. The number of aliphatic hydroxyl groups is 1. The molecule has 1 heterocycles. The minimum absolute atomic E-state index is 0.209. The normalized spacial score (nSPS) is 14.2. The quantitative estimate of drug-likeness (QED) is 0.436. The molecule has 160 valence electrons. The van der Waals surface area contributed by atoms with Crippen molar-refractivity contribution in [3.63, 3.8) is 0 Å². The van der Waals surface area contributed by atoms with Gasteiger partial charge in [-0.1, -0.05) is 26.0 Å². The largest absolute Gasteiger partial charge is 0.494 e. The molecule has 0 aromatic heterocycles. The molecule has 0 radical (unpaired) electrons. The van der Waals surface area contributed by atoms with Crippen LogP contribution in [0.4, 0.5) is 0 Å². The van der Waals surface area contributed by atoms with Gasteiger partial charge in [0, 0.05) is 19.1 Å². The van der Waals surface area contributed by atoms with E-state index < -0.39 is 6.10 Å². The number of nitrogens with zero attached hydrogens (tertiary/aromatic N) is 1. The lowest BCUT2D eigenvalue weighted by Crippen LogP contribution is -2.35. The number of fused-ring (bicyclic) bond motifs is 1. The molecule has 0 spiro atoms. The summed E-state index contributed by atoms with van der Waals surface area (Å²) in [6.07, 6.45) is -0.0378. The van der Waals surface area contributed by atoms with Gasteiger partial charge in [-0.2, -0.15) is 0 Å². The van der Waals surface area contributed by atoms with Gasteiger partial charge in [0.2, 0.25) is 0 Å². The van der Waals surface area contributed by atoms with E-state index in [1.54, 1.807) is 48.5 Å². The van der Waals surface area contributed by atoms with Crippen molar-refractivity contribution >= 4 is 11.8 Å². The molecule has 7 nitrogen and oxygen atoms in total. The number of amides is 2. The van der Waals surface area contributed by atoms with Gasteiger partial charge in [0.05, 0.1) is 17.7 Å². The predicted molar refractivity (Wildman–Crippen MR) is 113 cm³/mol. The number of carbonyl (C=O) groups excluding carboxylic acids is 2. The van der Waals surface area contributed by atoms with Crippen LogP contribution in [0.1, 0.15) is 41.0 Å². The van der Waals surface area contributed by atoms with E-state index in [0.717, 1.165) is 0 Å². The molecule has 0 fully saturated rings. The van der Waals surface area contributed by atoms with Crippen molar-refractivity contribution in [3.8, 4) is 11.5 Å². The molecule has 1 aliphatic heterocycles. The summed E-state index contributed by atoms with van der Waals surface area (Å²) in [6, 6.07) is 14.3. The molecule has 3 rings (SSSR count). The average molecular weight is 412 g/mol. The lowest BCUT2D eigenvalue weighted by Gasteiger charge is -2.15. The minimum atomic E-state index is -0.578. The second kappa shape index (κ2) is 10.2. The lowest BCUT2D eigenvalue weighted by atomic mass is 10.1. The molecule has 2 N–H and O–H groups in total. The van der Waals surface area contributed by atoms with Crippen LogP contribution in [0.15, 0.2) is 48.5 Å². The zero-order valence-corrected chi connectivity index (χ0v) is 17.3. The molecule has 30 heavy (non-hydrogen) atoms. The van der Waals surface area contributed by atoms with Gasteiger partial charge < -0.3 is 19.9 Å². The number of rotatable bonds is 11. The number of aliphatic hydroxyl groups excluding tert-OH is 1. The standard InChI is InChI=1S/C23H28N2O5/c1-16(2)24-14-17(26)15-30-19-10-8-18(9-11-19)29-13-5-12-25-22(27)20-6-3-4-7-21(20)23(25)28/h3-4,6-11,16-17,24,26H,5,12-15H2,1-2H3. The molecule has 7 heteroatoms. The zero-order chi connectivity index (χ0) is 21.5. The number of hydrogen-bond donors (Lipinski definition) is 2. The van der Waals surface area contributed by atoms with Crippen LogP contribution < -0.4 is 14.8 Å². The second-order valence-corrected chi connectivity index (χ2v) is 7.51. The number of ether oxygens (including phenoxy) is 2. The van der Waals surface area contributed by atoms with Gasteiger partial charge in [-0.05, 0) is 42.8 Å². The molecule has 2 amide bonds. The molecule has 0 bridgehead atoms. The van der Waals surface area contributed by atoms with Crippen LogP contribution >= 0.6 is 0 Å². The maximum atomic E-state index is 12.3. The van der Waals surface area contributed by atoms with Gasteiger partial charge >= 0.3 is 0 Å². The Labute approximate surface area is 176 Å². The second-order valence-electron chi connectivity index (χ2n) is 7.51. The van der Waals surface area contributed by atoms with Crippen molar-refractivity contribution in [2.24, 2.45) is 0 Å². The first-order chi connectivity index (χ1) is 14.5. The van der Waals surface area contributed by atoms with Crippen LogP contribution in [0.5, 0.6) is 11.5 Å². The number of hydrogen-bond acceptors (Lipinski definition) is 6. The highest BCUT2D eigenvalue weighted by molar-refractivity contribution is 6.21. The summed E-state index contributed by atoms with van der Waals surface area (Å²) >= 11 is 0. The Bertz CT molecular complexity index is 831. The fourth-order valence-corrected chi connectivity index (χ4v) is 3.11. The highest BCUT2D eigenvalue weighted by atomic mass is 16.5. The van der Waals surface area contributed by atoms with Gasteiger partial charge in [0.25, 0.3) is 11.8 Å². The van der Waals surface area contributed by atoms with Gasteiger partial charge in [0.1, 0.15) is 24.2 Å². The van der Waals surface area contributed by atoms with Crippen LogP contribution in [0, 0.1) is 0 Å². The summed E-state index contributed by atoms with van der Waals surface area (Å²) in [7, 11) is 0. The van der Waals surface area contributed by atoms with E-state index in [1.165, 1.54) is 4.90 Å². The van der Waals surface area contributed by atoms with E-state index in [0.29, 0.717) is 54.8 Å². The summed E-state index contributed by atoms with van der Waals surface area (Å²) in [4.78, 5) is 25.9. The van der Waals surface area contributed by atoms with E-state index in [2.05, 4.69) is 5.32 Å². The van der Waals surface area contributed by atoms with Gasteiger partial charge in [-0.3, -0.25) is 14.5 Å². The molecule has 0 saturated heterocycles. The summed E-state index contributed by atoms with van der Waals surface area (Å²) in [5.74, 6) is 0.828. The number of carbonyl (C=O) groups is 2. The van der Waals surface area contributed by atoms with E-state index in [-0.39, 0.29) is 18.4 Å². The maximum Gasteiger partial charge on any atom is 0.261 e. The molecule has 0 aliphatic carbocycles. The summed E-state index contributed by atoms with van der Waals surface area (Å²) in [5.41, 5.74) is 0.924. The Hall–Kier alpha value is -2.90. The first-order valence-corrected chi connectivity index (χ1v) is 10.2. The number of imide groups is 1. The van der Waals surface area contributed by atoms with Crippen molar-refractivity contribution in [2.75, 3.05) is 26.3 Å². The highest BCUT2D eigenvalue weighted by Gasteiger charge is 2.34. The Morgan fingerprint density at radius 1 is 0.933 bits per heavy atom. The third-order valence-corrected chi connectivity index (χ3v) is 4.70. The van der Waals surface area contributed by atoms with E-state index in [1.807, 2.05) is 13.8 Å². The average Bonchev–Trinajstić information content (AvgIpc) is 2.99. The molecule has 1 aliphatic rings. The fraction of sp³-hybridized carbons (Fsp3) is 0.391. The van der Waals surface area contributed by atoms with Crippen molar-refractivity contribution in [1.29, 1.82) is 0 Å². The third-order valence-electron chi connectivity index (χ3n) is 4.70. The number of benzene rings is 2. The SMILES string of the molecule is CC(C)NCC(O)COc1ccc(OCCCN2C(=O)c3ccccc3C2=O)cc1. The Morgan fingerprint density at radius 3 is 2.07 bits per heavy atom. The maximum absolute atomic E-state index is 12.3. The van der Waals surface area contributed by atoms with Crippen LogP contribution in [0.3, 0.4) is 0 Å². The Kier molecular flexibility index (Phi) is 7.43. The van der Waals surface area contributed by atoms with E-state index >= 15 is 0 Å². The topological polar surface area (TPSA) is 88.1 Å². The third kappa shape index (κ3) is 5.58. The molecule has 2 aromatic carbocycles. The zero-order valence-electron chi connectivity index (χ0n) is 17.3.